The molecule has 0 saturated carbocycles. The first kappa shape index (κ1) is 13.1. The van der Waals surface area contributed by atoms with E-state index in [0.29, 0.717) is 0 Å². The molecular weight excluding hydrogens is 266 g/mol. The quantitative estimate of drug-likeness (QED) is 0.795. The van der Waals surface area contributed by atoms with E-state index in [-0.39, 0.29) is 5.95 Å². The third-order valence-corrected chi connectivity index (χ3v) is 3.23. The standard InChI is InChI=1S/C15H15N5O/c1-20-8-7-17-14(20)12-9-18-15(16)19-13(12)10-3-5-11(21-2)6-4-10/h3-9H,1-2H3,(H2,16,18,19). The van der Waals surface area contributed by atoms with E-state index in [2.05, 4.69) is 15.0 Å². The summed E-state index contributed by atoms with van der Waals surface area (Å²) in [5.74, 6) is 1.82. The highest BCUT2D eigenvalue weighted by molar-refractivity contribution is 5.78. The average molecular weight is 281 g/mol. The third kappa shape index (κ3) is 2.43. The maximum Gasteiger partial charge on any atom is 0.220 e. The summed E-state index contributed by atoms with van der Waals surface area (Å²) in [4.78, 5) is 12.8. The number of hydrogen-bond donors (Lipinski definition) is 1. The summed E-state index contributed by atoms with van der Waals surface area (Å²) in [5.41, 5.74) is 8.26. The number of ether oxygens (including phenoxy) is 1. The molecule has 0 radical (unpaired) electrons. The maximum absolute atomic E-state index is 5.74. The second-order valence-electron chi connectivity index (χ2n) is 4.58. The predicted octanol–water partition coefficient (Wildman–Crippen LogP) is 2.13. The fourth-order valence-electron chi connectivity index (χ4n) is 2.15. The Hall–Kier alpha value is -2.89. The number of imidazole rings is 1. The van der Waals surface area contributed by atoms with Gasteiger partial charge in [-0.25, -0.2) is 15.0 Å². The first-order valence-electron chi connectivity index (χ1n) is 6.43. The monoisotopic (exact) mass is 281 g/mol. The predicted molar refractivity (Wildman–Crippen MR) is 80.6 cm³/mol. The zero-order valence-corrected chi connectivity index (χ0v) is 11.8. The van der Waals surface area contributed by atoms with Crippen LogP contribution in [0.2, 0.25) is 0 Å². The van der Waals surface area contributed by atoms with Crippen molar-refractivity contribution in [1.82, 2.24) is 19.5 Å². The van der Waals surface area contributed by atoms with Crippen molar-refractivity contribution in [2.45, 2.75) is 0 Å². The first-order valence-corrected chi connectivity index (χ1v) is 6.43. The number of rotatable bonds is 3. The summed E-state index contributed by atoms with van der Waals surface area (Å²) in [6, 6.07) is 7.64. The molecule has 0 bridgehead atoms. The minimum atomic E-state index is 0.235. The average Bonchev–Trinajstić information content (AvgIpc) is 2.93. The number of benzene rings is 1. The van der Waals surface area contributed by atoms with Crippen molar-refractivity contribution in [2.75, 3.05) is 12.8 Å². The Balaban J connectivity index is 2.16. The Labute approximate surface area is 122 Å². The molecule has 0 unspecified atom stereocenters. The van der Waals surface area contributed by atoms with Gasteiger partial charge in [0.15, 0.2) is 0 Å². The van der Waals surface area contributed by atoms with Crippen LogP contribution in [0.25, 0.3) is 22.6 Å². The van der Waals surface area contributed by atoms with Gasteiger partial charge in [-0.15, -0.1) is 0 Å². The van der Waals surface area contributed by atoms with E-state index in [0.717, 1.165) is 28.4 Å². The molecule has 0 aliphatic heterocycles. The van der Waals surface area contributed by atoms with Crippen LogP contribution < -0.4 is 10.5 Å². The maximum atomic E-state index is 5.74. The Morgan fingerprint density at radius 3 is 2.52 bits per heavy atom. The lowest BCUT2D eigenvalue weighted by Crippen LogP contribution is -2.01. The van der Waals surface area contributed by atoms with Gasteiger partial charge in [-0.05, 0) is 24.3 Å². The highest BCUT2D eigenvalue weighted by Gasteiger charge is 2.14. The Kier molecular flexibility index (Phi) is 3.27. The zero-order valence-electron chi connectivity index (χ0n) is 11.8. The summed E-state index contributed by atoms with van der Waals surface area (Å²) >= 11 is 0. The van der Waals surface area contributed by atoms with Crippen LogP contribution in [0, 0.1) is 0 Å². The molecule has 2 aromatic heterocycles. The largest absolute Gasteiger partial charge is 0.497 e. The molecule has 0 amide bonds. The lowest BCUT2D eigenvalue weighted by Gasteiger charge is -2.09. The molecule has 2 N–H and O–H groups in total. The SMILES string of the molecule is COc1ccc(-c2nc(N)ncc2-c2nccn2C)cc1. The molecule has 21 heavy (non-hydrogen) atoms. The van der Waals surface area contributed by atoms with Gasteiger partial charge in [0.05, 0.1) is 18.4 Å². The van der Waals surface area contributed by atoms with Crippen molar-refractivity contribution in [1.29, 1.82) is 0 Å². The van der Waals surface area contributed by atoms with Gasteiger partial charge >= 0.3 is 0 Å². The van der Waals surface area contributed by atoms with Crippen molar-refractivity contribution in [3.63, 3.8) is 0 Å². The molecule has 3 aromatic rings. The number of anilines is 1. The van der Waals surface area contributed by atoms with Gasteiger partial charge in [0.2, 0.25) is 5.95 Å². The van der Waals surface area contributed by atoms with Crippen LogP contribution >= 0.6 is 0 Å². The smallest absolute Gasteiger partial charge is 0.220 e. The number of nitrogen functional groups attached to an aromatic ring is 1. The number of nitrogens with two attached hydrogens (primary N) is 1. The van der Waals surface area contributed by atoms with E-state index < -0.39 is 0 Å². The van der Waals surface area contributed by atoms with Crippen LogP contribution in [0.1, 0.15) is 0 Å². The second kappa shape index (κ2) is 5.24. The fourth-order valence-corrected chi connectivity index (χ4v) is 2.15. The Morgan fingerprint density at radius 2 is 1.90 bits per heavy atom. The number of hydrogen-bond acceptors (Lipinski definition) is 5. The molecule has 106 valence electrons. The molecule has 6 nitrogen and oxygen atoms in total. The fraction of sp³-hybridized carbons (Fsp3) is 0.133. The zero-order chi connectivity index (χ0) is 14.8. The van der Waals surface area contributed by atoms with Crippen molar-refractivity contribution >= 4 is 5.95 Å². The first-order chi connectivity index (χ1) is 10.2. The molecular formula is C15H15N5O. The topological polar surface area (TPSA) is 78.8 Å². The lowest BCUT2D eigenvalue weighted by molar-refractivity contribution is 0.415. The summed E-state index contributed by atoms with van der Waals surface area (Å²) in [7, 11) is 3.56. The molecule has 0 saturated heterocycles. The summed E-state index contributed by atoms with van der Waals surface area (Å²) in [6.07, 6.45) is 5.32. The molecule has 0 aliphatic rings. The van der Waals surface area contributed by atoms with Gasteiger partial charge in [-0.2, -0.15) is 0 Å². The molecule has 0 aliphatic carbocycles. The molecule has 3 rings (SSSR count). The summed E-state index contributed by atoms with van der Waals surface area (Å²) < 4.78 is 7.10. The highest BCUT2D eigenvalue weighted by Crippen LogP contribution is 2.30. The Bertz CT molecular complexity index is 764. The number of aryl methyl sites for hydroxylation is 1. The van der Waals surface area contributed by atoms with E-state index in [1.165, 1.54) is 0 Å². The van der Waals surface area contributed by atoms with E-state index in [4.69, 9.17) is 10.5 Å². The Morgan fingerprint density at radius 1 is 1.14 bits per heavy atom. The van der Waals surface area contributed by atoms with Gasteiger partial charge in [0.1, 0.15) is 11.6 Å². The molecule has 0 fully saturated rings. The van der Waals surface area contributed by atoms with Crippen LogP contribution in [-0.4, -0.2) is 26.6 Å². The third-order valence-electron chi connectivity index (χ3n) is 3.23. The molecule has 0 atom stereocenters. The van der Waals surface area contributed by atoms with E-state index in [1.807, 2.05) is 42.1 Å². The van der Waals surface area contributed by atoms with Gasteiger partial charge in [0.25, 0.3) is 0 Å². The summed E-state index contributed by atoms with van der Waals surface area (Å²) in [5, 5.41) is 0. The van der Waals surface area contributed by atoms with Crippen LogP contribution in [-0.2, 0) is 7.05 Å². The van der Waals surface area contributed by atoms with Crippen molar-refractivity contribution in [3.8, 4) is 28.4 Å². The lowest BCUT2D eigenvalue weighted by atomic mass is 10.1. The van der Waals surface area contributed by atoms with Crippen LogP contribution in [0.5, 0.6) is 5.75 Å². The molecule has 6 heteroatoms. The van der Waals surface area contributed by atoms with E-state index >= 15 is 0 Å². The minimum absolute atomic E-state index is 0.235. The number of aromatic nitrogens is 4. The van der Waals surface area contributed by atoms with E-state index in [1.54, 1.807) is 19.5 Å². The van der Waals surface area contributed by atoms with Gasteiger partial charge in [-0.3, -0.25) is 0 Å². The van der Waals surface area contributed by atoms with Crippen molar-refractivity contribution < 1.29 is 4.74 Å². The molecule has 1 aromatic carbocycles. The van der Waals surface area contributed by atoms with Crippen molar-refractivity contribution in [3.05, 3.63) is 42.9 Å². The van der Waals surface area contributed by atoms with Gasteiger partial charge in [0, 0.05) is 31.2 Å². The normalized spacial score (nSPS) is 10.6. The highest BCUT2D eigenvalue weighted by atomic mass is 16.5. The minimum Gasteiger partial charge on any atom is -0.497 e. The van der Waals surface area contributed by atoms with Gasteiger partial charge < -0.3 is 15.0 Å². The number of methoxy groups -OCH3 is 1. The van der Waals surface area contributed by atoms with Gasteiger partial charge in [-0.1, -0.05) is 0 Å². The molecule has 0 spiro atoms. The van der Waals surface area contributed by atoms with E-state index in [9.17, 15) is 0 Å². The summed E-state index contributed by atoms with van der Waals surface area (Å²) in [6.45, 7) is 0. The van der Waals surface area contributed by atoms with Crippen molar-refractivity contribution in [2.24, 2.45) is 7.05 Å². The number of nitrogens with zero attached hydrogens (tertiary/aromatic N) is 4. The molecule has 2 heterocycles. The van der Waals surface area contributed by atoms with Crippen LogP contribution in [0.15, 0.2) is 42.9 Å². The van der Waals surface area contributed by atoms with Crippen LogP contribution in [0.3, 0.4) is 0 Å². The second-order valence-corrected chi connectivity index (χ2v) is 4.58. The van der Waals surface area contributed by atoms with Crippen LogP contribution in [0.4, 0.5) is 5.95 Å².